The minimum Gasteiger partial charge on any atom is -0.508 e. The Hall–Kier alpha value is -2.63. The molecule has 0 bridgehead atoms. The molecule has 0 fully saturated rings. The van der Waals surface area contributed by atoms with Gasteiger partial charge < -0.3 is 20.6 Å². The van der Waals surface area contributed by atoms with E-state index in [2.05, 4.69) is 5.32 Å². The number of aliphatic carboxylic acids is 1. The van der Waals surface area contributed by atoms with E-state index < -0.39 is 12.1 Å². The van der Waals surface area contributed by atoms with Gasteiger partial charge in [-0.1, -0.05) is 36.4 Å². The highest BCUT2D eigenvalue weighted by molar-refractivity contribution is 5.85. The minimum atomic E-state index is -0.963. The molecule has 0 saturated carbocycles. The zero-order valence-electron chi connectivity index (χ0n) is 14.1. The minimum absolute atomic E-state index is 0.123. The van der Waals surface area contributed by atoms with Gasteiger partial charge in [0, 0.05) is 12.1 Å². The molecule has 0 spiro atoms. The average Bonchev–Trinajstić information content (AvgIpc) is 2.61. The third-order valence-electron chi connectivity index (χ3n) is 3.99. The van der Waals surface area contributed by atoms with E-state index in [0.29, 0.717) is 6.54 Å². The fourth-order valence-corrected chi connectivity index (χ4v) is 2.48. The van der Waals surface area contributed by atoms with Gasteiger partial charge in [-0.2, -0.15) is 0 Å². The number of rotatable bonds is 8. The molecule has 0 aliphatic carbocycles. The highest BCUT2D eigenvalue weighted by Crippen LogP contribution is 2.19. The maximum atomic E-state index is 10.5. The smallest absolute Gasteiger partial charge is 0.328 e. The van der Waals surface area contributed by atoms with E-state index in [0.717, 1.165) is 29.2 Å². The molecule has 0 aliphatic heterocycles. The second kappa shape index (κ2) is 9.01. The van der Waals surface area contributed by atoms with Gasteiger partial charge in [-0.05, 0) is 54.8 Å². The molecule has 2 atom stereocenters. The highest BCUT2D eigenvalue weighted by atomic mass is 16.4. The zero-order valence-corrected chi connectivity index (χ0v) is 14.1. The number of hydrogen-bond acceptors (Lipinski definition) is 4. The molecule has 132 valence electrons. The molecular weight excluding hydrogens is 318 g/mol. The number of carboxylic acids is 1. The van der Waals surface area contributed by atoms with Gasteiger partial charge in [0.2, 0.25) is 0 Å². The quantitative estimate of drug-likeness (QED) is 0.554. The van der Waals surface area contributed by atoms with Crippen LogP contribution in [-0.2, 0) is 11.2 Å². The lowest BCUT2D eigenvalue weighted by molar-refractivity contribution is -0.131. The molecule has 0 heterocycles. The van der Waals surface area contributed by atoms with Crippen LogP contribution in [0.3, 0.4) is 0 Å². The van der Waals surface area contributed by atoms with Crippen molar-refractivity contribution < 1.29 is 20.1 Å². The van der Waals surface area contributed by atoms with E-state index in [9.17, 15) is 15.0 Å². The van der Waals surface area contributed by atoms with Crippen LogP contribution in [0.1, 0.15) is 29.7 Å². The molecule has 0 amide bonds. The molecule has 25 heavy (non-hydrogen) atoms. The predicted molar refractivity (Wildman–Crippen MR) is 97.3 cm³/mol. The number of phenolic OH excluding ortho intramolecular Hbond substituents is 1. The first-order valence-corrected chi connectivity index (χ1v) is 8.16. The van der Waals surface area contributed by atoms with Crippen molar-refractivity contribution in [3.8, 4) is 5.75 Å². The molecule has 0 aliphatic rings. The van der Waals surface area contributed by atoms with Crippen molar-refractivity contribution in [3.63, 3.8) is 0 Å². The van der Waals surface area contributed by atoms with Crippen LogP contribution in [0, 0.1) is 0 Å². The summed E-state index contributed by atoms with van der Waals surface area (Å²) in [5, 5.41) is 31.5. The van der Waals surface area contributed by atoms with Gasteiger partial charge in [0.15, 0.2) is 0 Å². The summed E-state index contributed by atoms with van der Waals surface area (Å²) >= 11 is 0. The van der Waals surface area contributed by atoms with E-state index in [1.807, 2.05) is 31.2 Å². The number of aromatic hydroxyl groups is 1. The highest BCUT2D eigenvalue weighted by Gasteiger charge is 2.15. The molecule has 2 aromatic carbocycles. The average molecular weight is 341 g/mol. The number of carbonyl (C=O) groups is 1. The van der Waals surface area contributed by atoms with Crippen molar-refractivity contribution in [3.05, 3.63) is 71.3 Å². The number of benzene rings is 2. The summed E-state index contributed by atoms with van der Waals surface area (Å²) in [6.45, 7) is 2.62. The molecule has 0 radical (unpaired) electrons. The Balaban J connectivity index is 1.81. The molecule has 0 unspecified atom stereocenters. The number of aliphatic hydroxyl groups excluding tert-OH is 1. The molecule has 0 aromatic heterocycles. The van der Waals surface area contributed by atoms with Crippen LogP contribution in [0.5, 0.6) is 5.75 Å². The summed E-state index contributed by atoms with van der Waals surface area (Å²) in [4.78, 5) is 10.5. The van der Waals surface area contributed by atoms with E-state index in [4.69, 9.17) is 5.11 Å². The van der Waals surface area contributed by atoms with E-state index in [-0.39, 0.29) is 11.8 Å². The van der Waals surface area contributed by atoms with E-state index in [1.165, 1.54) is 0 Å². The third kappa shape index (κ3) is 6.06. The van der Waals surface area contributed by atoms with Crippen LogP contribution in [0.4, 0.5) is 0 Å². The van der Waals surface area contributed by atoms with E-state index in [1.54, 1.807) is 30.3 Å². The van der Waals surface area contributed by atoms with Crippen LogP contribution in [0.15, 0.2) is 54.6 Å². The molecule has 4 N–H and O–H groups in total. The topological polar surface area (TPSA) is 89.8 Å². The molecule has 0 saturated heterocycles. The van der Waals surface area contributed by atoms with E-state index >= 15 is 0 Å². The summed E-state index contributed by atoms with van der Waals surface area (Å²) in [6.07, 6.45) is 2.82. The lowest BCUT2D eigenvalue weighted by Crippen LogP contribution is -2.33. The zero-order chi connectivity index (χ0) is 18.2. The van der Waals surface area contributed by atoms with Crippen molar-refractivity contribution in [1.29, 1.82) is 0 Å². The first-order chi connectivity index (χ1) is 12.0. The molecule has 2 aromatic rings. The first-order valence-electron chi connectivity index (χ1n) is 8.16. The van der Waals surface area contributed by atoms with Gasteiger partial charge in [0.05, 0.1) is 6.10 Å². The summed E-state index contributed by atoms with van der Waals surface area (Å²) in [5.74, 6) is -0.785. The van der Waals surface area contributed by atoms with Gasteiger partial charge >= 0.3 is 5.97 Å². The first kappa shape index (κ1) is 18.7. The van der Waals surface area contributed by atoms with Gasteiger partial charge in [-0.15, -0.1) is 0 Å². The summed E-state index contributed by atoms with van der Waals surface area (Å²) < 4.78 is 0. The largest absolute Gasteiger partial charge is 0.508 e. The number of carboxylic acid groups (broad SMARTS) is 1. The Morgan fingerprint density at radius 1 is 1.12 bits per heavy atom. The number of hydrogen-bond donors (Lipinski definition) is 4. The monoisotopic (exact) mass is 341 g/mol. The van der Waals surface area contributed by atoms with Gasteiger partial charge in [0.1, 0.15) is 5.75 Å². The molecule has 5 heteroatoms. The molecular formula is C20H23NO4. The second-order valence-corrected chi connectivity index (χ2v) is 5.94. The third-order valence-corrected chi connectivity index (χ3v) is 3.99. The lowest BCUT2D eigenvalue weighted by Gasteiger charge is -2.20. The maximum Gasteiger partial charge on any atom is 0.328 e. The van der Waals surface area contributed by atoms with Crippen molar-refractivity contribution in [2.45, 2.75) is 25.5 Å². The van der Waals surface area contributed by atoms with Crippen LogP contribution in [0.25, 0.3) is 6.08 Å². The summed E-state index contributed by atoms with van der Waals surface area (Å²) in [7, 11) is 0. The maximum absolute atomic E-state index is 10.5. The number of phenols is 1. The Bertz CT molecular complexity index is 707. The summed E-state index contributed by atoms with van der Waals surface area (Å²) in [5.41, 5.74) is 2.73. The van der Waals surface area contributed by atoms with Gasteiger partial charge in [-0.3, -0.25) is 0 Å². The SMILES string of the molecule is C[C@@H](NCCc1ccc(/C=C/C(=O)O)cc1)[C@@H](O)c1ccc(O)cc1. The fourth-order valence-electron chi connectivity index (χ4n) is 2.48. The fraction of sp³-hybridized carbons (Fsp3) is 0.250. The van der Waals surface area contributed by atoms with Crippen molar-refractivity contribution in [2.24, 2.45) is 0 Å². The normalized spacial score (nSPS) is 13.7. The predicted octanol–water partition coefficient (Wildman–Crippen LogP) is 2.74. The van der Waals surface area contributed by atoms with Crippen LogP contribution in [-0.4, -0.2) is 33.9 Å². The van der Waals surface area contributed by atoms with Crippen LogP contribution < -0.4 is 5.32 Å². The number of nitrogens with one attached hydrogen (secondary N) is 1. The van der Waals surface area contributed by atoms with Crippen LogP contribution >= 0.6 is 0 Å². The summed E-state index contributed by atoms with van der Waals surface area (Å²) in [6, 6.07) is 14.1. The van der Waals surface area contributed by atoms with Crippen molar-refractivity contribution in [1.82, 2.24) is 5.32 Å². The standard InChI is InChI=1S/C20H23NO4/c1-14(20(25)17-7-9-18(22)10-8-17)21-13-12-16-4-2-15(3-5-16)6-11-19(23)24/h2-11,14,20-22,25H,12-13H2,1H3,(H,23,24)/b11-6+/t14-,20-/m1/s1. The van der Waals surface area contributed by atoms with Crippen molar-refractivity contribution in [2.75, 3.05) is 6.54 Å². The lowest BCUT2D eigenvalue weighted by atomic mass is 10.0. The molecule has 5 nitrogen and oxygen atoms in total. The van der Waals surface area contributed by atoms with Gasteiger partial charge in [0.25, 0.3) is 0 Å². The van der Waals surface area contributed by atoms with Crippen LogP contribution in [0.2, 0.25) is 0 Å². The Morgan fingerprint density at radius 3 is 2.36 bits per heavy atom. The number of aliphatic hydroxyl groups is 1. The Kier molecular flexibility index (Phi) is 6.74. The Morgan fingerprint density at radius 2 is 1.76 bits per heavy atom. The Labute approximate surface area is 147 Å². The molecule has 2 rings (SSSR count). The van der Waals surface area contributed by atoms with Gasteiger partial charge in [-0.25, -0.2) is 4.79 Å². The van der Waals surface area contributed by atoms with Crippen molar-refractivity contribution >= 4 is 12.0 Å². The second-order valence-electron chi connectivity index (χ2n) is 5.94.